The van der Waals surface area contributed by atoms with Gasteiger partial charge in [-0.3, -0.25) is 9.69 Å². The molecule has 340 valence electrons. The molecule has 9 nitrogen and oxygen atoms in total. The number of anilines is 1. The van der Waals surface area contributed by atoms with Gasteiger partial charge in [0.05, 0.1) is 22.1 Å². The number of allylic oxidation sites excluding steroid dienone is 1. The molecule has 61 heavy (non-hydrogen) atoms. The van der Waals surface area contributed by atoms with Gasteiger partial charge in [-0.25, -0.2) is 13.1 Å². The van der Waals surface area contributed by atoms with Crippen LogP contribution in [-0.2, 0) is 21.9 Å². The maximum absolute atomic E-state index is 13.5. The maximum atomic E-state index is 13.5. The van der Waals surface area contributed by atoms with Crippen molar-refractivity contribution in [2.45, 2.75) is 119 Å². The minimum atomic E-state index is -3.95. The molecule has 0 aromatic heterocycles. The molecule has 0 unspecified atom stereocenters. The smallest absolute Gasteiger partial charge is 0.264 e. The van der Waals surface area contributed by atoms with E-state index in [1.54, 1.807) is 19.1 Å². The summed E-state index contributed by atoms with van der Waals surface area (Å²) in [7, 11) is -3.95. The van der Waals surface area contributed by atoms with E-state index in [-0.39, 0.29) is 33.3 Å². The van der Waals surface area contributed by atoms with Gasteiger partial charge >= 0.3 is 0 Å². The van der Waals surface area contributed by atoms with Crippen molar-refractivity contribution in [1.29, 1.82) is 0 Å². The summed E-state index contributed by atoms with van der Waals surface area (Å²) in [6.07, 6.45) is 13.1. The number of hydrogen-bond acceptors (Lipinski definition) is 10. The standard InChI is InChI=1S/C36H45ClN2O5S3.C9H20N2.C2H5I/c1-23-6-3-15-36(41,34-45-16-5-17-46-34)30-11-8-27(30)20-39-21-35(14-4-7-25-18-28(37)10-12-29(25)35)22-44-32-13-9-26(19-31(32)39)33(40)38-47(42,43)24(23)2;1-3-9(4-2)11-7-5-10-6-8-11;1-2-3/h3,9-10,12-13,15,18-19,23-24,27,30,34,41H,4-8,11,14,16-17,20-22H2,1-2H3,(H,38,40);9-10H,3-8H2,1-2H3;2H2,1H3/b15-3+;;/t23-,24+,27-,30+,35-,36+;;/m0../s1. The first-order valence-electron chi connectivity index (χ1n) is 22.8. The molecule has 2 saturated heterocycles. The lowest BCUT2D eigenvalue weighted by atomic mass is 9.64. The molecule has 14 heteroatoms. The van der Waals surface area contributed by atoms with Crippen LogP contribution in [0.15, 0.2) is 48.6 Å². The van der Waals surface area contributed by atoms with Crippen molar-refractivity contribution >= 4 is 79.3 Å². The fourth-order valence-corrected chi connectivity index (χ4v) is 14.9. The summed E-state index contributed by atoms with van der Waals surface area (Å²) in [5.41, 5.74) is 2.32. The van der Waals surface area contributed by atoms with Gasteiger partial charge < -0.3 is 20.1 Å². The summed E-state index contributed by atoms with van der Waals surface area (Å²) >= 11 is 12.4. The van der Waals surface area contributed by atoms with Crippen molar-refractivity contribution in [3.63, 3.8) is 0 Å². The van der Waals surface area contributed by atoms with Gasteiger partial charge in [0.1, 0.15) is 11.4 Å². The molecule has 8 rings (SSSR count). The lowest BCUT2D eigenvalue weighted by Crippen LogP contribution is -2.55. The number of nitrogens with one attached hydrogen (secondary N) is 2. The third kappa shape index (κ3) is 11.6. The van der Waals surface area contributed by atoms with Crippen molar-refractivity contribution in [1.82, 2.24) is 14.9 Å². The molecule has 1 amide bonds. The third-order valence-electron chi connectivity index (χ3n) is 14.0. The normalized spacial score (nSPS) is 31.0. The Morgan fingerprint density at radius 3 is 2.43 bits per heavy atom. The van der Waals surface area contributed by atoms with Gasteiger partial charge in [0.2, 0.25) is 10.0 Å². The van der Waals surface area contributed by atoms with Crippen LogP contribution in [0.1, 0.15) is 107 Å². The zero-order valence-electron chi connectivity index (χ0n) is 37.0. The van der Waals surface area contributed by atoms with Gasteiger partial charge in [-0.1, -0.05) is 80.1 Å². The zero-order chi connectivity index (χ0) is 43.8. The number of fused-ring (bicyclic) bond motifs is 4. The third-order valence-corrected chi connectivity index (χ3v) is 19.4. The van der Waals surface area contributed by atoms with Gasteiger partial charge in [0.25, 0.3) is 5.91 Å². The Kier molecular flexibility index (Phi) is 18.0. The quantitative estimate of drug-likeness (QED) is 0.156. The Labute approximate surface area is 394 Å². The Balaban J connectivity index is 0.000000381. The SMILES string of the molecule is CCC(CC)N1CCNCC1.CCI.C[C@@H]1[C@@H](C)C/C=C/[C@](O)(C2SCCCS2)[C@@H]2CC[C@H]2CN2C[C@@]3(CCCc4cc(Cl)ccc43)COc3ccc(cc32)C(=O)NS1(=O)=O. The average molecular weight is 1030 g/mol. The molecule has 6 atom stereocenters. The number of carbonyl (C=O) groups excluding carboxylic acids is 1. The number of alkyl halides is 1. The Hall–Kier alpha value is -1.20. The second-order valence-electron chi connectivity index (χ2n) is 17.9. The highest BCUT2D eigenvalue weighted by Gasteiger charge is 2.52. The highest BCUT2D eigenvalue weighted by Crippen LogP contribution is 2.53. The zero-order valence-corrected chi connectivity index (χ0v) is 42.3. The van der Waals surface area contributed by atoms with Crippen molar-refractivity contribution in [3.05, 3.63) is 70.3 Å². The summed E-state index contributed by atoms with van der Waals surface area (Å²) < 4.78 is 37.1. The molecule has 2 aromatic rings. The number of aryl methyl sites for hydroxylation is 1. The first-order chi connectivity index (χ1) is 29.3. The first-order valence-corrected chi connectivity index (χ1v) is 28.3. The minimum Gasteiger partial charge on any atom is -0.490 e. The van der Waals surface area contributed by atoms with Crippen LogP contribution in [0.25, 0.3) is 0 Å². The number of piperazine rings is 1. The summed E-state index contributed by atoms with van der Waals surface area (Å²) in [5.74, 6) is 2.18. The molecule has 4 aliphatic heterocycles. The lowest BCUT2D eigenvalue weighted by molar-refractivity contribution is -0.0333. The summed E-state index contributed by atoms with van der Waals surface area (Å²) in [4.78, 5) is 18.5. The van der Waals surface area contributed by atoms with Gasteiger partial charge in [-0.2, -0.15) is 0 Å². The van der Waals surface area contributed by atoms with E-state index in [1.807, 2.05) is 54.7 Å². The molecule has 2 aliphatic carbocycles. The van der Waals surface area contributed by atoms with Crippen LogP contribution in [-0.4, -0.2) is 108 Å². The molecule has 3 N–H and O–H groups in total. The molecule has 2 aromatic carbocycles. The minimum absolute atomic E-state index is 0.0302. The largest absolute Gasteiger partial charge is 0.490 e. The van der Waals surface area contributed by atoms with Crippen LogP contribution in [0, 0.1) is 17.8 Å². The van der Waals surface area contributed by atoms with E-state index >= 15 is 0 Å². The number of halogens is 2. The van der Waals surface area contributed by atoms with E-state index in [0.29, 0.717) is 31.9 Å². The Bertz CT molecular complexity index is 1910. The number of hydrogen-bond donors (Lipinski definition) is 3. The first kappa shape index (κ1) is 49.2. The lowest BCUT2D eigenvalue weighted by Gasteiger charge is -2.51. The molecule has 6 aliphatic rings. The summed E-state index contributed by atoms with van der Waals surface area (Å²) in [6, 6.07) is 12.3. The molecule has 2 bridgehead atoms. The predicted molar refractivity (Wildman–Crippen MR) is 267 cm³/mol. The number of thioether (sulfide) groups is 2. The van der Waals surface area contributed by atoms with Gasteiger partial charge in [0.15, 0.2) is 0 Å². The number of amides is 1. The number of benzene rings is 2. The number of aliphatic hydroxyl groups is 1. The topological polar surface area (TPSA) is 111 Å². The average Bonchev–Trinajstić information content (AvgIpc) is 3.39. The van der Waals surface area contributed by atoms with Crippen molar-refractivity contribution in [2.75, 3.05) is 66.7 Å². The van der Waals surface area contributed by atoms with E-state index < -0.39 is 26.8 Å². The van der Waals surface area contributed by atoms with E-state index in [1.165, 1.54) is 54.6 Å². The molecule has 0 radical (unpaired) electrons. The molecule has 4 heterocycles. The second kappa shape index (κ2) is 22.3. The van der Waals surface area contributed by atoms with Crippen molar-refractivity contribution < 1.29 is 23.1 Å². The molecule has 1 spiro atoms. The number of rotatable bonds is 4. The van der Waals surface area contributed by atoms with E-state index in [9.17, 15) is 18.3 Å². The number of sulfonamides is 1. The van der Waals surface area contributed by atoms with Crippen LogP contribution in [0.5, 0.6) is 5.75 Å². The van der Waals surface area contributed by atoms with Gasteiger partial charge in [0, 0.05) is 61.3 Å². The van der Waals surface area contributed by atoms with Crippen LogP contribution in [0.4, 0.5) is 5.69 Å². The summed E-state index contributed by atoms with van der Waals surface area (Å²) in [5, 5.41) is 16.0. The van der Waals surface area contributed by atoms with Crippen LogP contribution < -0.4 is 19.7 Å². The van der Waals surface area contributed by atoms with Crippen LogP contribution in [0.2, 0.25) is 5.02 Å². The number of nitrogens with zero attached hydrogens (tertiary/aromatic N) is 2. The fraction of sp³-hybridized carbons (Fsp3) is 0.681. The van der Waals surface area contributed by atoms with E-state index in [0.717, 1.165) is 66.8 Å². The monoisotopic (exact) mass is 1030 g/mol. The summed E-state index contributed by atoms with van der Waals surface area (Å²) in [6.45, 7) is 17.0. The molecule has 3 fully saturated rings. The van der Waals surface area contributed by atoms with Crippen molar-refractivity contribution in [3.8, 4) is 5.75 Å². The molecular weight excluding hydrogens is 959 g/mol. The molecule has 1 saturated carbocycles. The van der Waals surface area contributed by atoms with Gasteiger partial charge in [-0.15, -0.1) is 23.5 Å². The highest BCUT2D eigenvalue weighted by molar-refractivity contribution is 14.1. The fourth-order valence-electron chi connectivity index (χ4n) is 10.2. The van der Waals surface area contributed by atoms with Crippen LogP contribution >= 0.6 is 57.7 Å². The van der Waals surface area contributed by atoms with Gasteiger partial charge in [-0.05, 0) is 140 Å². The van der Waals surface area contributed by atoms with Crippen molar-refractivity contribution in [2.24, 2.45) is 17.8 Å². The molecular formula is C47H70ClIN4O5S3. The van der Waals surface area contributed by atoms with Crippen LogP contribution in [0.3, 0.4) is 0 Å². The number of ether oxygens (including phenoxy) is 1. The Morgan fingerprint density at radius 2 is 1.75 bits per heavy atom. The highest BCUT2D eigenvalue weighted by atomic mass is 127. The van der Waals surface area contributed by atoms with E-state index in [4.69, 9.17) is 16.3 Å². The predicted octanol–water partition coefficient (Wildman–Crippen LogP) is 9.33. The van der Waals surface area contributed by atoms with E-state index in [2.05, 4.69) is 75.3 Å². The maximum Gasteiger partial charge on any atom is 0.264 e. The number of carbonyl (C=O) groups is 1. The second-order valence-corrected chi connectivity index (χ2v) is 24.6. The Morgan fingerprint density at radius 1 is 1.03 bits per heavy atom.